The summed E-state index contributed by atoms with van der Waals surface area (Å²) in [6.45, 7) is 6.71. The number of aryl methyl sites for hydroxylation is 2. The Morgan fingerprint density at radius 1 is 1.23 bits per heavy atom. The summed E-state index contributed by atoms with van der Waals surface area (Å²) >= 11 is 0. The fourth-order valence-electron chi connectivity index (χ4n) is 2.16. The van der Waals surface area contributed by atoms with Crippen LogP contribution in [-0.2, 0) is 10.8 Å². The standard InChI is InChI=1S/C19H22F2N2O2S/c1-5-23(4)12-22-17-9-14(3)18(10-13(17)2)25-15-7-6-8-16(11-15)26(24)19(20)21/h6-12,19H,5H2,1-4H3. The van der Waals surface area contributed by atoms with Gasteiger partial charge < -0.3 is 9.64 Å². The Balaban J connectivity index is 2.25. The Hall–Kier alpha value is -2.28. The van der Waals surface area contributed by atoms with E-state index < -0.39 is 16.6 Å². The SMILES string of the molecule is CCN(C)C=Nc1cc(C)c(Oc2cccc(S(=O)C(F)F)c2)cc1C. The Labute approximate surface area is 155 Å². The predicted molar refractivity (Wildman–Crippen MR) is 101 cm³/mol. The van der Waals surface area contributed by atoms with E-state index in [1.54, 1.807) is 18.5 Å². The molecule has 0 radical (unpaired) electrons. The van der Waals surface area contributed by atoms with Crippen LogP contribution in [0.2, 0.25) is 0 Å². The third-order valence-electron chi connectivity index (χ3n) is 3.81. The molecule has 0 fully saturated rings. The summed E-state index contributed by atoms with van der Waals surface area (Å²) < 4.78 is 42.6. The van der Waals surface area contributed by atoms with Crippen molar-refractivity contribution in [1.29, 1.82) is 0 Å². The molecule has 2 aromatic rings. The summed E-state index contributed by atoms with van der Waals surface area (Å²) in [6.07, 6.45) is 1.77. The molecule has 0 aliphatic heterocycles. The van der Waals surface area contributed by atoms with Crippen LogP contribution in [0.5, 0.6) is 11.5 Å². The molecule has 0 spiro atoms. The van der Waals surface area contributed by atoms with Crippen LogP contribution < -0.4 is 4.74 Å². The van der Waals surface area contributed by atoms with Crippen LogP contribution in [0.25, 0.3) is 0 Å². The summed E-state index contributed by atoms with van der Waals surface area (Å²) in [4.78, 5) is 6.47. The van der Waals surface area contributed by atoms with E-state index in [2.05, 4.69) is 4.99 Å². The van der Waals surface area contributed by atoms with Gasteiger partial charge >= 0.3 is 5.76 Å². The van der Waals surface area contributed by atoms with Gasteiger partial charge in [-0.1, -0.05) is 6.07 Å². The Morgan fingerprint density at radius 3 is 2.62 bits per heavy atom. The molecule has 0 amide bonds. The van der Waals surface area contributed by atoms with Gasteiger partial charge in [-0.05, 0) is 62.2 Å². The van der Waals surface area contributed by atoms with Crippen molar-refractivity contribution >= 4 is 22.8 Å². The molecule has 2 rings (SSSR count). The second-order valence-corrected chi connectivity index (χ2v) is 7.28. The number of aliphatic imine (C=N–C) groups is 1. The first kappa shape index (κ1) is 20.0. The quantitative estimate of drug-likeness (QED) is 0.499. The van der Waals surface area contributed by atoms with Crippen molar-refractivity contribution in [2.75, 3.05) is 13.6 Å². The zero-order valence-electron chi connectivity index (χ0n) is 15.2. The lowest BCUT2D eigenvalue weighted by Gasteiger charge is -2.13. The molecule has 0 saturated heterocycles. The smallest absolute Gasteiger partial charge is 0.316 e. The van der Waals surface area contributed by atoms with Crippen LogP contribution in [0.15, 0.2) is 46.3 Å². The molecule has 1 atom stereocenters. The number of hydrogen-bond donors (Lipinski definition) is 0. The topological polar surface area (TPSA) is 41.9 Å². The van der Waals surface area contributed by atoms with E-state index in [0.717, 1.165) is 23.4 Å². The summed E-state index contributed by atoms with van der Waals surface area (Å²) in [5.74, 6) is -1.96. The number of benzene rings is 2. The number of rotatable bonds is 7. The van der Waals surface area contributed by atoms with Gasteiger partial charge in [-0.3, -0.25) is 0 Å². The zero-order chi connectivity index (χ0) is 19.3. The fourth-order valence-corrected chi connectivity index (χ4v) is 2.81. The number of hydrogen-bond acceptors (Lipinski definition) is 3. The van der Waals surface area contributed by atoms with Gasteiger partial charge in [0.1, 0.15) is 22.3 Å². The van der Waals surface area contributed by atoms with Crippen LogP contribution in [0.4, 0.5) is 14.5 Å². The molecule has 0 aromatic heterocycles. The summed E-state index contributed by atoms with van der Waals surface area (Å²) in [5, 5.41) is 0. The first-order valence-corrected chi connectivity index (χ1v) is 9.35. The molecule has 7 heteroatoms. The van der Waals surface area contributed by atoms with Crippen molar-refractivity contribution in [3.8, 4) is 11.5 Å². The number of alkyl halides is 2. The average Bonchev–Trinajstić information content (AvgIpc) is 2.62. The maximum absolute atomic E-state index is 12.6. The first-order chi connectivity index (χ1) is 12.3. The second kappa shape index (κ2) is 8.89. The van der Waals surface area contributed by atoms with Gasteiger partial charge in [-0.2, -0.15) is 8.78 Å². The van der Waals surface area contributed by atoms with Crippen molar-refractivity contribution in [3.05, 3.63) is 47.5 Å². The first-order valence-electron chi connectivity index (χ1n) is 8.14. The third kappa shape index (κ3) is 5.11. The van der Waals surface area contributed by atoms with E-state index in [1.807, 2.05) is 44.9 Å². The molecule has 1 unspecified atom stereocenters. The molecule has 2 aromatic carbocycles. The zero-order valence-corrected chi connectivity index (χ0v) is 16.0. The molecule has 26 heavy (non-hydrogen) atoms. The predicted octanol–water partition coefficient (Wildman–Crippen LogP) is 5.04. The summed E-state index contributed by atoms with van der Waals surface area (Å²) in [7, 11) is -0.418. The largest absolute Gasteiger partial charge is 0.457 e. The Bertz CT molecular complexity index is 825. The van der Waals surface area contributed by atoms with Crippen LogP contribution in [0.1, 0.15) is 18.1 Å². The second-order valence-electron chi connectivity index (χ2n) is 5.86. The summed E-state index contributed by atoms with van der Waals surface area (Å²) in [6, 6.07) is 9.72. The van der Waals surface area contributed by atoms with E-state index in [9.17, 15) is 13.0 Å². The van der Waals surface area contributed by atoms with E-state index in [4.69, 9.17) is 4.74 Å². The van der Waals surface area contributed by atoms with Crippen molar-refractivity contribution in [3.63, 3.8) is 0 Å². The van der Waals surface area contributed by atoms with Gasteiger partial charge in [0.2, 0.25) is 0 Å². The van der Waals surface area contributed by atoms with Gasteiger partial charge in [0.25, 0.3) is 0 Å². The highest BCUT2D eigenvalue weighted by Gasteiger charge is 2.16. The lowest BCUT2D eigenvalue weighted by Crippen LogP contribution is -2.14. The number of ether oxygens (including phenoxy) is 1. The Kier molecular flexibility index (Phi) is 6.85. The average molecular weight is 380 g/mol. The lowest BCUT2D eigenvalue weighted by atomic mass is 10.1. The monoisotopic (exact) mass is 380 g/mol. The molecule has 0 aliphatic carbocycles. The lowest BCUT2D eigenvalue weighted by molar-refractivity contribution is 0.244. The van der Waals surface area contributed by atoms with Gasteiger partial charge in [-0.15, -0.1) is 0 Å². The van der Waals surface area contributed by atoms with E-state index >= 15 is 0 Å². The van der Waals surface area contributed by atoms with Crippen molar-refractivity contribution in [1.82, 2.24) is 4.90 Å². The van der Waals surface area contributed by atoms with Crippen LogP contribution in [0.3, 0.4) is 0 Å². The molecule has 0 heterocycles. The highest BCUT2D eigenvalue weighted by atomic mass is 32.2. The minimum atomic E-state index is -2.92. The maximum atomic E-state index is 12.6. The molecule has 0 saturated carbocycles. The normalized spacial score (nSPS) is 12.6. The van der Waals surface area contributed by atoms with E-state index in [0.29, 0.717) is 11.5 Å². The fraction of sp³-hybridized carbons (Fsp3) is 0.316. The highest BCUT2D eigenvalue weighted by molar-refractivity contribution is 7.85. The molecule has 0 N–H and O–H groups in total. The third-order valence-corrected chi connectivity index (χ3v) is 4.86. The molecule has 0 bridgehead atoms. The maximum Gasteiger partial charge on any atom is 0.316 e. The van der Waals surface area contributed by atoms with Crippen LogP contribution in [-0.4, -0.2) is 34.8 Å². The van der Waals surface area contributed by atoms with Gasteiger partial charge in [0, 0.05) is 18.5 Å². The highest BCUT2D eigenvalue weighted by Crippen LogP contribution is 2.32. The van der Waals surface area contributed by atoms with Crippen molar-refractivity contribution < 1.29 is 17.7 Å². The Morgan fingerprint density at radius 2 is 1.96 bits per heavy atom. The number of halogens is 2. The minimum absolute atomic E-state index is 0.0377. The van der Waals surface area contributed by atoms with E-state index in [-0.39, 0.29) is 4.90 Å². The number of nitrogens with zero attached hydrogens (tertiary/aromatic N) is 2. The van der Waals surface area contributed by atoms with Gasteiger partial charge in [-0.25, -0.2) is 9.20 Å². The molecule has 4 nitrogen and oxygen atoms in total. The van der Waals surface area contributed by atoms with Crippen molar-refractivity contribution in [2.24, 2.45) is 4.99 Å². The van der Waals surface area contributed by atoms with Crippen molar-refractivity contribution in [2.45, 2.75) is 31.4 Å². The molecular weight excluding hydrogens is 358 g/mol. The summed E-state index contributed by atoms with van der Waals surface area (Å²) in [5.41, 5.74) is 2.63. The van der Waals surface area contributed by atoms with Crippen LogP contribution >= 0.6 is 0 Å². The van der Waals surface area contributed by atoms with Crippen LogP contribution in [0, 0.1) is 13.8 Å². The molecule has 140 valence electrons. The molecule has 0 aliphatic rings. The van der Waals surface area contributed by atoms with E-state index in [1.165, 1.54) is 12.1 Å². The minimum Gasteiger partial charge on any atom is -0.457 e. The van der Waals surface area contributed by atoms with Gasteiger partial charge in [0.05, 0.1) is 12.0 Å². The molecular formula is C19H22F2N2O2S. The van der Waals surface area contributed by atoms with Gasteiger partial charge in [0.15, 0.2) is 0 Å².